The van der Waals surface area contributed by atoms with Crippen LogP contribution >= 0.6 is 0 Å². The first-order valence-electron chi connectivity index (χ1n) is 1.91. The first kappa shape index (κ1) is 9.14. The van der Waals surface area contributed by atoms with Gasteiger partial charge in [0.05, 0.1) is 0 Å². The van der Waals surface area contributed by atoms with Crippen LogP contribution in [0.5, 0.6) is 0 Å². The van der Waals surface area contributed by atoms with Crippen LogP contribution in [0.15, 0.2) is 0 Å². The molecule has 0 aliphatic rings. The smallest absolute Gasteiger partial charge is 1.00 e. The first-order chi connectivity index (χ1) is 1.91. The van der Waals surface area contributed by atoms with Crippen molar-refractivity contribution in [3.63, 3.8) is 0 Å². The van der Waals surface area contributed by atoms with Crippen LogP contribution in [0.25, 0.3) is 0 Å². The van der Waals surface area contributed by atoms with Gasteiger partial charge in [0.15, 0.2) is 0 Å². The Bertz CT molecular complexity index is 9.51. The van der Waals surface area contributed by atoms with Crippen molar-refractivity contribution in [2.75, 3.05) is 0 Å². The molecule has 0 nitrogen and oxygen atoms in total. The third-order valence-electron chi connectivity index (χ3n) is 0.500. The maximum atomic E-state index is 2.18. The predicted molar refractivity (Wildman–Crippen MR) is 21.7 cm³/mol. The Morgan fingerprint density at radius 2 is 1.40 bits per heavy atom. The summed E-state index contributed by atoms with van der Waals surface area (Å²) in [5.74, 6) is 0. The molecule has 0 radical (unpaired) electrons. The second kappa shape index (κ2) is 8.82. The van der Waals surface area contributed by atoms with Gasteiger partial charge in [-0.3, -0.25) is 0 Å². The molecule has 0 bridgehead atoms. The molecular formula is C4H11Li. The summed E-state index contributed by atoms with van der Waals surface area (Å²) < 4.78 is 0. The molecule has 0 atom stereocenters. The van der Waals surface area contributed by atoms with E-state index in [1.165, 1.54) is 12.8 Å². The van der Waals surface area contributed by atoms with Gasteiger partial charge in [0.2, 0.25) is 0 Å². The van der Waals surface area contributed by atoms with Gasteiger partial charge in [0, 0.05) is 0 Å². The van der Waals surface area contributed by atoms with E-state index in [4.69, 9.17) is 0 Å². The molecule has 28 valence electrons. The quantitative estimate of drug-likeness (QED) is 0.342. The second-order valence-electron chi connectivity index (χ2n) is 1.000. The molecule has 0 spiro atoms. The van der Waals surface area contributed by atoms with E-state index >= 15 is 0 Å². The van der Waals surface area contributed by atoms with Crippen LogP contribution in [0.2, 0.25) is 0 Å². The molecule has 0 aliphatic carbocycles. The van der Waals surface area contributed by atoms with Crippen molar-refractivity contribution in [2.45, 2.75) is 26.7 Å². The molecule has 0 rings (SSSR count). The van der Waals surface area contributed by atoms with Crippen molar-refractivity contribution in [1.29, 1.82) is 0 Å². The summed E-state index contributed by atoms with van der Waals surface area (Å²) in [6.45, 7) is 4.36. The van der Waals surface area contributed by atoms with Crippen LogP contribution < -0.4 is 18.9 Å². The topological polar surface area (TPSA) is 0 Å². The Morgan fingerprint density at radius 3 is 1.40 bits per heavy atom. The van der Waals surface area contributed by atoms with Crippen molar-refractivity contribution >= 4 is 0 Å². The largest absolute Gasteiger partial charge is 1.00 e. The Balaban J connectivity index is -0.0000000450. The molecular weight excluding hydrogens is 55.0 g/mol. The molecule has 0 aromatic rings. The van der Waals surface area contributed by atoms with E-state index in [9.17, 15) is 0 Å². The van der Waals surface area contributed by atoms with Gasteiger partial charge < -0.3 is 1.43 Å². The van der Waals surface area contributed by atoms with Crippen molar-refractivity contribution < 1.29 is 20.3 Å². The zero-order chi connectivity index (χ0) is 3.41. The Kier molecular flexibility index (Phi) is 16.1. The van der Waals surface area contributed by atoms with Crippen LogP contribution in [-0.2, 0) is 0 Å². The van der Waals surface area contributed by atoms with E-state index in [1.54, 1.807) is 0 Å². The Morgan fingerprint density at radius 1 is 1.20 bits per heavy atom. The van der Waals surface area contributed by atoms with Crippen molar-refractivity contribution in [3.8, 4) is 0 Å². The minimum Gasteiger partial charge on any atom is -1.00 e. The van der Waals surface area contributed by atoms with Crippen molar-refractivity contribution in [2.24, 2.45) is 0 Å². The van der Waals surface area contributed by atoms with Gasteiger partial charge in [0.25, 0.3) is 0 Å². The molecule has 0 aliphatic heterocycles. The predicted octanol–water partition coefficient (Wildman–Crippen LogP) is -1.08. The Labute approximate surface area is 47.6 Å². The van der Waals surface area contributed by atoms with E-state index in [0.717, 1.165) is 0 Å². The summed E-state index contributed by atoms with van der Waals surface area (Å²) in [6.07, 6.45) is 2.64. The molecule has 0 saturated heterocycles. The number of unbranched alkanes of at least 4 members (excludes halogenated alkanes) is 1. The van der Waals surface area contributed by atoms with Gasteiger partial charge in [-0.1, -0.05) is 26.7 Å². The van der Waals surface area contributed by atoms with Crippen LogP contribution in [-0.4, -0.2) is 0 Å². The molecule has 0 unspecified atom stereocenters. The first-order valence-corrected chi connectivity index (χ1v) is 1.91. The van der Waals surface area contributed by atoms with E-state index in [0.29, 0.717) is 0 Å². The SMILES string of the molecule is CCCC.[H-].[Li+]. The Hall–Kier alpha value is 0.597. The van der Waals surface area contributed by atoms with Gasteiger partial charge in [-0.05, 0) is 0 Å². The molecule has 0 heterocycles. The summed E-state index contributed by atoms with van der Waals surface area (Å²) in [4.78, 5) is 0. The van der Waals surface area contributed by atoms with Gasteiger partial charge in [-0.2, -0.15) is 0 Å². The summed E-state index contributed by atoms with van der Waals surface area (Å²) in [5.41, 5.74) is 0. The second-order valence-corrected chi connectivity index (χ2v) is 1.000. The fourth-order valence-electron chi connectivity index (χ4n) is 0. The number of rotatable bonds is 1. The van der Waals surface area contributed by atoms with Crippen molar-refractivity contribution in [1.82, 2.24) is 0 Å². The standard InChI is InChI=1S/C4H10.Li.H/c1-3-4-2;;/h3-4H2,1-2H3;;/q;+1;-1. The fraction of sp³-hybridized carbons (Fsp3) is 1.00. The van der Waals surface area contributed by atoms with E-state index in [1.807, 2.05) is 0 Å². The van der Waals surface area contributed by atoms with Crippen LogP contribution in [0.4, 0.5) is 0 Å². The van der Waals surface area contributed by atoms with E-state index in [-0.39, 0.29) is 20.3 Å². The monoisotopic (exact) mass is 66.1 g/mol. The maximum Gasteiger partial charge on any atom is 1.00 e. The fourth-order valence-corrected chi connectivity index (χ4v) is 0. The normalized spacial score (nSPS) is 6.00. The minimum atomic E-state index is 0. The number of hydrogen-bond acceptors (Lipinski definition) is 0. The molecule has 0 fully saturated rings. The molecule has 0 aromatic carbocycles. The number of hydrogen-bond donors (Lipinski definition) is 0. The summed E-state index contributed by atoms with van der Waals surface area (Å²) in [6, 6.07) is 0. The molecule has 0 amide bonds. The third kappa shape index (κ3) is 12.2. The van der Waals surface area contributed by atoms with Gasteiger partial charge >= 0.3 is 18.9 Å². The minimum absolute atomic E-state index is 0. The van der Waals surface area contributed by atoms with Crippen LogP contribution in [0, 0.1) is 0 Å². The third-order valence-corrected chi connectivity index (χ3v) is 0.500. The van der Waals surface area contributed by atoms with Gasteiger partial charge in [0.1, 0.15) is 0 Å². The van der Waals surface area contributed by atoms with Crippen LogP contribution in [0.1, 0.15) is 28.1 Å². The molecule has 0 N–H and O–H groups in total. The molecule has 5 heavy (non-hydrogen) atoms. The summed E-state index contributed by atoms with van der Waals surface area (Å²) in [5, 5.41) is 0. The van der Waals surface area contributed by atoms with E-state index in [2.05, 4.69) is 13.8 Å². The summed E-state index contributed by atoms with van der Waals surface area (Å²) >= 11 is 0. The zero-order valence-corrected chi connectivity index (χ0v) is 4.41. The van der Waals surface area contributed by atoms with Gasteiger partial charge in [-0.15, -0.1) is 0 Å². The average Bonchev–Trinajstić information content (AvgIpc) is 1.37. The average molecular weight is 66.1 g/mol. The van der Waals surface area contributed by atoms with Gasteiger partial charge in [-0.25, -0.2) is 0 Å². The van der Waals surface area contributed by atoms with Crippen LogP contribution in [0.3, 0.4) is 0 Å². The summed E-state index contributed by atoms with van der Waals surface area (Å²) in [7, 11) is 0. The maximum absolute atomic E-state index is 2.18. The molecule has 0 saturated carbocycles. The zero-order valence-electron chi connectivity index (χ0n) is 5.41. The van der Waals surface area contributed by atoms with E-state index < -0.39 is 0 Å². The molecule has 0 aromatic heterocycles. The van der Waals surface area contributed by atoms with Crippen molar-refractivity contribution in [3.05, 3.63) is 0 Å². The molecule has 1 heteroatoms.